The first-order chi connectivity index (χ1) is 11.3. The second kappa shape index (κ2) is 6.63. The largest absolute Gasteiger partial charge is 0.342 e. The molecule has 1 aliphatic carbocycles. The molecule has 5 heteroatoms. The van der Waals surface area contributed by atoms with Crippen LogP contribution in [0.1, 0.15) is 49.8 Å². The maximum absolute atomic E-state index is 12.9. The van der Waals surface area contributed by atoms with E-state index in [9.17, 15) is 4.79 Å². The summed E-state index contributed by atoms with van der Waals surface area (Å²) in [4.78, 5) is 17.8. The van der Waals surface area contributed by atoms with Gasteiger partial charge in [-0.25, -0.2) is 0 Å². The summed E-state index contributed by atoms with van der Waals surface area (Å²) in [5.74, 6) is 0.540. The van der Waals surface area contributed by atoms with Crippen LogP contribution in [0.2, 0.25) is 0 Å². The second-order valence-corrected chi connectivity index (χ2v) is 7.47. The molecule has 3 heterocycles. The molecule has 0 aromatic carbocycles. The first kappa shape index (κ1) is 15.2. The fourth-order valence-electron chi connectivity index (χ4n) is 4.65. The zero-order chi connectivity index (χ0) is 15.6. The number of H-pyrrole nitrogens is 1. The van der Waals surface area contributed by atoms with Gasteiger partial charge in [0, 0.05) is 37.2 Å². The highest BCUT2D eigenvalue weighted by atomic mass is 16.2. The molecule has 0 bridgehead atoms. The van der Waals surface area contributed by atoms with Gasteiger partial charge in [-0.1, -0.05) is 0 Å². The van der Waals surface area contributed by atoms with Gasteiger partial charge in [-0.3, -0.25) is 9.89 Å². The first-order valence-corrected chi connectivity index (χ1v) is 9.35. The summed E-state index contributed by atoms with van der Waals surface area (Å²) in [5.41, 5.74) is 2.48. The van der Waals surface area contributed by atoms with E-state index >= 15 is 0 Å². The molecule has 2 atom stereocenters. The van der Waals surface area contributed by atoms with Crippen molar-refractivity contribution in [3.8, 4) is 0 Å². The number of rotatable bonds is 2. The average Bonchev–Trinajstić information content (AvgIpc) is 3.21. The van der Waals surface area contributed by atoms with Gasteiger partial charge in [-0.05, 0) is 63.6 Å². The number of likely N-dealkylation sites (tertiary alicyclic amines) is 2. The fourth-order valence-corrected chi connectivity index (χ4v) is 4.65. The van der Waals surface area contributed by atoms with Gasteiger partial charge in [0.2, 0.25) is 5.91 Å². The Labute approximate surface area is 138 Å². The van der Waals surface area contributed by atoms with Crippen LogP contribution < -0.4 is 0 Å². The Morgan fingerprint density at radius 2 is 1.96 bits per heavy atom. The van der Waals surface area contributed by atoms with Crippen LogP contribution in [-0.2, 0) is 17.6 Å². The monoisotopic (exact) mass is 316 g/mol. The number of nitrogens with one attached hydrogen (secondary N) is 1. The zero-order valence-corrected chi connectivity index (χ0v) is 14.0. The summed E-state index contributed by atoms with van der Waals surface area (Å²) in [7, 11) is 0. The molecule has 2 unspecified atom stereocenters. The molecule has 1 N–H and O–H groups in total. The smallest absolute Gasteiger partial charge is 0.226 e. The Balaban J connectivity index is 1.35. The van der Waals surface area contributed by atoms with E-state index in [-0.39, 0.29) is 5.92 Å². The third kappa shape index (κ3) is 3.16. The molecular formula is C18H28N4O. The van der Waals surface area contributed by atoms with Gasteiger partial charge in [0.05, 0.1) is 6.20 Å². The molecule has 1 aromatic rings. The number of amides is 1. The fraction of sp³-hybridized carbons (Fsp3) is 0.778. The van der Waals surface area contributed by atoms with Crippen LogP contribution in [0, 0.1) is 5.92 Å². The molecule has 2 aliphatic heterocycles. The van der Waals surface area contributed by atoms with Gasteiger partial charge in [0.25, 0.3) is 0 Å². The van der Waals surface area contributed by atoms with Crippen LogP contribution in [0.5, 0.6) is 0 Å². The number of carbonyl (C=O) groups is 1. The summed E-state index contributed by atoms with van der Waals surface area (Å²) in [6, 6.07) is 0.709. The molecule has 5 nitrogen and oxygen atoms in total. The molecule has 0 spiro atoms. The highest BCUT2D eigenvalue weighted by Crippen LogP contribution is 2.27. The van der Waals surface area contributed by atoms with Crippen LogP contribution in [0.4, 0.5) is 0 Å². The maximum atomic E-state index is 12.9. The van der Waals surface area contributed by atoms with Crippen LogP contribution in [-0.4, -0.2) is 58.1 Å². The summed E-state index contributed by atoms with van der Waals surface area (Å²) >= 11 is 0. The van der Waals surface area contributed by atoms with Crippen molar-refractivity contribution in [2.24, 2.45) is 5.92 Å². The van der Waals surface area contributed by atoms with Gasteiger partial charge in [-0.2, -0.15) is 5.10 Å². The topological polar surface area (TPSA) is 52.2 Å². The number of nitrogens with zero attached hydrogens (tertiary/aromatic N) is 3. The van der Waals surface area contributed by atoms with Crippen molar-refractivity contribution in [3.63, 3.8) is 0 Å². The van der Waals surface area contributed by atoms with E-state index in [4.69, 9.17) is 0 Å². The minimum atomic E-state index is 0.159. The number of carbonyl (C=O) groups excluding carboxylic acids is 1. The van der Waals surface area contributed by atoms with E-state index in [1.54, 1.807) is 0 Å². The molecule has 4 rings (SSSR count). The quantitative estimate of drug-likeness (QED) is 0.908. The van der Waals surface area contributed by atoms with Gasteiger partial charge < -0.3 is 9.80 Å². The van der Waals surface area contributed by atoms with E-state index in [1.807, 2.05) is 6.20 Å². The minimum Gasteiger partial charge on any atom is -0.342 e. The molecule has 2 fully saturated rings. The van der Waals surface area contributed by atoms with Crippen LogP contribution in [0.25, 0.3) is 0 Å². The predicted octanol–water partition coefficient (Wildman–Crippen LogP) is 1.99. The zero-order valence-electron chi connectivity index (χ0n) is 14.0. The Hall–Kier alpha value is -1.36. The molecule has 2 saturated heterocycles. The van der Waals surface area contributed by atoms with E-state index < -0.39 is 0 Å². The first-order valence-electron chi connectivity index (χ1n) is 9.35. The number of hydrogen-bond donors (Lipinski definition) is 1. The van der Waals surface area contributed by atoms with Gasteiger partial charge in [0.15, 0.2) is 0 Å². The van der Waals surface area contributed by atoms with Gasteiger partial charge in [0.1, 0.15) is 0 Å². The highest BCUT2D eigenvalue weighted by Gasteiger charge is 2.31. The molecule has 0 radical (unpaired) electrons. The Morgan fingerprint density at radius 3 is 2.83 bits per heavy atom. The summed E-state index contributed by atoms with van der Waals surface area (Å²) in [6.07, 6.45) is 11.0. The third-order valence-electron chi connectivity index (χ3n) is 6.04. The molecule has 126 valence electrons. The highest BCUT2D eigenvalue weighted by molar-refractivity contribution is 5.79. The van der Waals surface area contributed by atoms with Gasteiger partial charge >= 0.3 is 0 Å². The van der Waals surface area contributed by atoms with E-state index in [1.165, 1.54) is 43.6 Å². The Bertz CT molecular complexity index is 549. The lowest BCUT2D eigenvalue weighted by atomic mass is 9.87. The number of hydrogen-bond acceptors (Lipinski definition) is 3. The SMILES string of the molecule is O=C(C1CCc2cn[nH]c2C1)N1CCCC(N2CCCC2)CC1. The third-order valence-corrected chi connectivity index (χ3v) is 6.04. The van der Waals surface area contributed by atoms with Crippen molar-refractivity contribution in [3.05, 3.63) is 17.5 Å². The van der Waals surface area contributed by atoms with Crippen molar-refractivity contribution in [2.45, 2.75) is 57.4 Å². The van der Waals surface area contributed by atoms with Crippen molar-refractivity contribution in [1.82, 2.24) is 20.0 Å². The van der Waals surface area contributed by atoms with Crippen molar-refractivity contribution < 1.29 is 4.79 Å². The molecule has 1 aromatic heterocycles. The second-order valence-electron chi connectivity index (χ2n) is 7.47. The normalized spacial score (nSPS) is 29.3. The van der Waals surface area contributed by atoms with E-state index in [0.29, 0.717) is 11.9 Å². The van der Waals surface area contributed by atoms with Gasteiger partial charge in [-0.15, -0.1) is 0 Å². The van der Waals surface area contributed by atoms with Crippen LogP contribution in [0.3, 0.4) is 0 Å². The van der Waals surface area contributed by atoms with E-state index in [0.717, 1.165) is 45.2 Å². The Morgan fingerprint density at radius 1 is 1.09 bits per heavy atom. The summed E-state index contributed by atoms with van der Waals surface area (Å²) in [5, 5.41) is 7.20. The predicted molar refractivity (Wildman–Crippen MR) is 89.1 cm³/mol. The minimum absolute atomic E-state index is 0.159. The van der Waals surface area contributed by atoms with Crippen LogP contribution in [0.15, 0.2) is 6.20 Å². The van der Waals surface area contributed by atoms with Crippen molar-refractivity contribution in [2.75, 3.05) is 26.2 Å². The average molecular weight is 316 g/mol. The van der Waals surface area contributed by atoms with Crippen LogP contribution >= 0.6 is 0 Å². The number of fused-ring (bicyclic) bond motifs is 1. The molecule has 0 saturated carbocycles. The molecule has 3 aliphatic rings. The molecule has 1 amide bonds. The van der Waals surface area contributed by atoms with Crippen molar-refractivity contribution in [1.29, 1.82) is 0 Å². The number of aryl methyl sites for hydroxylation is 1. The lowest BCUT2D eigenvalue weighted by Gasteiger charge is -2.29. The number of aromatic amines is 1. The summed E-state index contributed by atoms with van der Waals surface area (Å²) in [6.45, 7) is 4.44. The Kier molecular flexibility index (Phi) is 4.38. The lowest BCUT2D eigenvalue weighted by molar-refractivity contribution is -0.135. The number of aromatic nitrogens is 2. The van der Waals surface area contributed by atoms with E-state index in [2.05, 4.69) is 20.0 Å². The van der Waals surface area contributed by atoms with Crippen molar-refractivity contribution >= 4 is 5.91 Å². The molecular weight excluding hydrogens is 288 g/mol. The summed E-state index contributed by atoms with van der Waals surface area (Å²) < 4.78 is 0. The standard InChI is InChI=1S/C18H28N4O/c23-18(14-5-6-15-13-19-20-17(15)12-14)22-10-3-4-16(7-11-22)21-8-1-2-9-21/h13-14,16H,1-12H2,(H,19,20). The lowest BCUT2D eigenvalue weighted by Crippen LogP contribution is -2.40. The molecule has 23 heavy (non-hydrogen) atoms. The maximum Gasteiger partial charge on any atom is 0.226 e.